The molecular formula is C19H25N3O2. The third kappa shape index (κ3) is 3.67. The molecule has 0 aliphatic carbocycles. The number of carbonyl (C=O) groups is 1. The molecule has 1 aromatic heterocycles. The molecule has 0 spiro atoms. The average molecular weight is 327 g/mol. The Labute approximate surface area is 143 Å². The van der Waals surface area contributed by atoms with Crippen molar-refractivity contribution in [3.8, 4) is 0 Å². The zero-order chi connectivity index (χ0) is 16.9. The van der Waals surface area contributed by atoms with E-state index in [0.29, 0.717) is 12.3 Å². The molecule has 1 aliphatic heterocycles. The topological polar surface area (TPSA) is 47.4 Å². The Balaban J connectivity index is 1.75. The smallest absolute Gasteiger partial charge is 0.359 e. The number of hydrogen-bond donors (Lipinski definition) is 0. The van der Waals surface area contributed by atoms with Crippen LogP contribution in [-0.2, 0) is 30.7 Å². The van der Waals surface area contributed by atoms with E-state index in [0.717, 1.165) is 44.5 Å². The summed E-state index contributed by atoms with van der Waals surface area (Å²) in [6, 6.07) is 10.5. The summed E-state index contributed by atoms with van der Waals surface area (Å²) < 4.78 is 7.21. The van der Waals surface area contributed by atoms with Crippen molar-refractivity contribution in [3.05, 3.63) is 52.8 Å². The maximum atomic E-state index is 12.2. The first-order valence-electron chi connectivity index (χ1n) is 8.67. The van der Waals surface area contributed by atoms with Gasteiger partial charge in [0, 0.05) is 37.3 Å². The number of likely N-dealkylation sites (N-methyl/N-ethyl adjacent to an activating group) is 1. The summed E-state index contributed by atoms with van der Waals surface area (Å²) in [4.78, 5) is 14.4. The maximum absolute atomic E-state index is 12.2. The fraction of sp³-hybridized carbons (Fsp3) is 0.474. The largest absolute Gasteiger partial charge is 0.461 e. The second kappa shape index (κ2) is 7.62. The number of hydrogen-bond acceptors (Lipinski definition) is 4. The lowest BCUT2D eigenvalue weighted by Crippen LogP contribution is -2.28. The van der Waals surface area contributed by atoms with Gasteiger partial charge in [-0.15, -0.1) is 0 Å². The highest BCUT2D eigenvalue weighted by Crippen LogP contribution is 2.23. The van der Waals surface area contributed by atoms with E-state index in [9.17, 15) is 4.79 Å². The van der Waals surface area contributed by atoms with Gasteiger partial charge in [0.15, 0.2) is 5.69 Å². The molecule has 0 bridgehead atoms. The van der Waals surface area contributed by atoms with Crippen molar-refractivity contribution in [2.75, 3.05) is 20.2 Å². The van der Waals surface area contributed by atoms with Gasteiger partial charge in [0.1, 0.15) is 0 Å². The SMILES string of the molecule is CCOC(=O)c1nn(CCCc2ccccc2)c2c1CN(C)CC2. The fourth-order valence-electron chi connectivity index (χ4n) is 3.25. The van der Waals surface area contributed by atoms with Crippen LogP contribution in [0.1, 0.15) is 40.7 Å². The van der Waals surface area contributed by atoms with Crippen LogP contribution in [0.4, 0.5) is 0 Å². The summed E-state index contributed by atoms with van der Waals surface area (Å²) in [7, 11) is 2.07. The highest BCUT2D eigenvalue weighted by atomic mass is 16.5. The van der Waals surface area contributed by atoms with E-state index in [1.807, 2.05) is 17.7 Å². The predicted molar refractivity (Wildman–Crippen MR) is 93.0 cm³/mol. The fourth-order valence-corrected chi connectivity index (χ4v) is 3.25. The first-order chi connectivity index (χ1) is 11.7. The summed E-state index contributed by atoms with van der Waals surface area (Å²) >= 11 is 0. The number of rotatable bonds is 6. The van der Waals surface area contributed by atoms with Gasteiger partial charge in [-0.05, 0) is 32.4 Å². The minimum atomic E-state index is -0.300. The monoisotopic (exact) mass is 327 g/mol. The molecule has 5 nitrogen and oxygen atoms in total. The van der Waals surface area contributed by atoms with Gasteiger partial charge >= 0.3 is 5.97 Å². The minimum Gasteiger partial charge on any atom is -0.461 e. The van der Waals surface area contributed by atoms with Gasteiger partial charge in [-0.1, -0.05) is 30.3 Å². The Morgan fingerprint density at radius 2 is 2.08 bits per heavy atom. The van der Waals surface area contributed by atoms with E-state index in [1.165, 1.54) is 11.3 Å². The molecule has 0 saturated carbocycles. The Morgan fingerprint density at radius 1 is 1.29 bits per heavy atom. The quantitative estimate of drug-likeness (QED) is 0.765. The zero-order valence-electron chi connectivity index (χ0n) is 14.5. The number of benzene rings is 1. The molecule has 3 rings (SSSR count). The third-order valence-electron chi connectivity index (χ3n) is 4.47. The van der Waals surface area contributed by atoms with Crippen LogP contribution in [0.5, 0.6) is 0 Å². The summed E-state index contributed by atoms with van der Waals surface area (Å²) in [5.41, 5.74) is 4.08. The van der Waals surface area contributed by atoms with Gasteiger partial charge in [0.05, 0.1) is 6.61 Å². The van der Waals surface area contributed by atoms with Crippen LogP contribution in [0.3, 0.4) is 0 Å². The highest BCUT2D eigenvalue weighted by molar-refractivity contribution is 5.89. The summed E-state index contributed by atoms with van der Waals surface area (Å²) in [6.07, 6.45) is 2.96. The normalized spacial score (nSPS) is 14.4. The lowest BCUT2D eigenvalue weighted by Gasteiger charge is -2.23. The van der Waals surface area contributed by atoms with Crippen LogP contribution in [0, 0.1) is 0 Å². The molecule has 24 heavy (non-hydrogen) atoms. The second-order valence-electron chi connectivity index (χ2n) is 6.29. The number of aryl methyl sites for hydroxylation is 2. The van der Waals surface area contributed by atoms with Crippen molar-refractivity contribution in [1.82, 2.24) is 14.7 Å². The minimum absolute atomic E-state index is 0.300. The molecule has 0 radical (unpaired) electrons. The molecule has 0 atom stereocenters. The Kier molecular flexibility index (Phi) is 5.30. The van der Waals surface area contributed by atoms with Crippen LogP contribution < -0.4 is 0 Å². The van der Waals surface area contributed by atoms with Crippen LogP contribution >= 0.6 is 0 Å². The van der Waals surface area contributed by atoms with Crippen molar-refractivity contribution in [2.45, 2.75) is 39.3 Å². The molecule has 0 N–H and O–H groups in total. The molecule has 128 valence electrons. The maximum Gasteiger partial charge on any atom is 0.359 e. The number of nitrogens with zero attached hydrogens (tertiary/aromatic N) is 3. The molecule has 2 heterocycles. The lowest BCUT2D eigenvalue weighted by molar-refractivity contribution is 0.0516. The molecule has 1 aliphatic rings. The number of fused-ring (bicyclic) bond motifs is 1. The van der Waals surface area contributed by atoms with E-state index < -0.39 is 0 Å². The van der Waals surface area contributed by atoms with Gasteiger partial charge in [-0.3, -0.25) is 4.68 Å². The number of aromatic nitrogens is 2. The van der Waals surface area contributed by atoms with Crippen LogP contribution in [0.15, 0.2) is 30.3 Å². The molecule has 5 heteroatoms. The summed E-state index contributed by atoms with van der Waals surface area (Å²) in [6.45, 7) is 4.81. The third-order valence-corrected chi connectivity index (χ3v) is 4.47. The second-order valence-corrected chi connectivity index (χ2v) is 6.29. The highest BCUT2D eigenvalue weighted by Gasteiger charge is 2.27. The molecule has 0 fully saturated rings. The van der Waals surface area contributed by atoms with E-state index in [1.54, 1.807) is 0 Å². The van der Waals surface area contributed by atoms with Crippen molar-refractivity contribution < 1.29 is 9.53 Å². The summed E-state index contributed by atoms with van der Waals surface area (Å²) in [5, 5.41) is 4.59. The molecule has 0 saturated heterocycles. The van der Waals surface area contributed by atoms with Gasteiger partial charge < -0.3 is 9.64 Å². The van der Waals surface area contributed by atoms with Gasteiger partial charge in [0.25, 0.3) is 0 Å². The molecule has 1 aromatic carbocycles. The Hall–Kier alpha value is -2.14. The summed E-state index contributed by atoms with van der Waals surface area (Å²) in [5.74, 6) is -0.300. The zero-order valence-corrected chi connectivity index (χ0v) is 14.5. The van der Waals surface area contributed by atoms with Crippen molar-refractivity contribution >= 4 is 5.97 Å². The molecule has 2 aromatic rings. The van der Waals surface area contributed by atoms with Crippen molar-refractivity contribution in [1.29, 1.82) is 0 Å². The standard InChI is InChI=1S/C19H25N3O2/c1-3-24-19(23)18-16-14-21(2)13-11-17(16)22(20-18)12-7-10-15-8-5-4-6-9-15/h4-6,8-9H,3,7,10-14H2,1-2H3. The van der Waals surface area contributed by atoms with Crippen LogP contribution in [0.2, 0.25) is 0 Å². The molecule has 0 amide bonds. The van der Waals surface area contributed by atoms with E-state index in [2.05, 4.69) is 41.3 Å². The lowest BCUT2D eigenvalue weighted by atomic mass is 10.1. The first-order valence-corrected chi connectivity index (χ1v) is 8.67. The van der Waals surface area contributed by atoms with E-state index >= 15 is 0 Å². The first kappa shape index (κ1) is 16.7. The van der Waals surface area contributed by atoms with Gasteiger partial charge in [0.2, 0.25) is 0 Å². The number of carbonyl (C=O) groups excluding carboxylic acids is 1. The average Bonchev–Trinajstić information content (AvgIpc) is 2.94. The van der Waals surface area contributed by atoms with Crippen LogP contribution in [0.25, 0.3) is 0 Å². The predicted octanol–water partition coefficient (Wildman–Crippen LogP) is 2.68. The van der Waals surface area contributed by atoms with E-state index in [4.69, 9.17) is 4.74 Å². The number of esters is 1. The molecule has 0 unspecified atom stereocenters. The molecular weight excluding hydrogens is 302 g/mol. The Bertz CT molecular complexity index is 694. The number of ether oxygens (including phenoxy) is 1. The van der Waals surface area contributed by atoms with Crippen molar-refractivity contribution in [3.63, 3.8) is 0 Å². The van der Waals surface area contributed by atoms with Crippen molar-refractivity contribution in [2.24, 2.45) is 0 Å². The van der Waals surface area contributed by atoms with Gasteiger partial charge in [-0.25, -0.2) is 4.79 Å². The van der Waals surface area contributed by atoms with E-state index in [-0.39, 0.29) is 5.97 Å². The van der Waals surface area contributed by atoms with Crippen LogP contribution in [-0.4, -0.2) is 40.8 Å². The van der Waals surface area contributed by atoms with Gasteiger partial charge in [-0.2, -0.15) is 5.10 Å². The Morgan fingerprint density at radius 3 is 2.83 bits per heavy atom.